The summed E-state index contributed by atoms with van der Waals surface area (Å²) in [4.78, 5) is 29.3. The molecule has 26 heavy (non-hydrogen) atoms. The minimum Gasteiger partial charge on any atom is -0.334 e. The molecule has 0 radical (unpaired) electrons. The topological polar surface area (TPSA) is 94.2 Å². The highest BCUT2D eigenvalue weighted by molar-refractivity contribution is 5.95. The lowest BCUT2D eigenvalue weighted by atomic mass is 9.99. The van der Waals surface area contributed by atoms with Gasteiger partial charge >= 0.3 is 0 Å². The maximum absolute atomic E-state index is 12.9. The first kappa shape index (κ1) is 15.9. The van der Waals surface area contributed by atoms with Crippen LogP contribution >= 0.6 is 0 Å². The lowest BCUT2D eigenvalue weighted by Gasteiger charge is -2.29. The number of nitro benzene ring substituents is 1. The molecule has 1 amide bonds. The lowest BCUT2D eigenvalue weighted by Crippen LogP contribution is -2.35. The number of amides is 1. The van der Waals surface area contributed by atoms with E-state index in [1.165, 1.54) is 35.0 Å². The molecular weight excluding hydrogens is 334 g/mol. The molecule has 8 nitrogen and oxygen atoms in total. The number of carbonyl (C=O) groups is 1. The Hall–Kier alpha value is -3.55. The van der Waals surface area contributed by atoms with Gasteiger partial charge in [0.25, 0.3) is 11.6 Å². The Morgan fingerprint density at radius 1 is 1.15 bits per heavy atom. The van der Waals surface area contributed by atoms with E-state index in [9.17, 15) is 14.9 Å². The second-order valence-electron chi connectivity index (χ2n) is 6.05. The normalized spacial score (nSPS) is 13.3. The second-order valence-corrected chi connectivity index (χ2v) is 6.05. The van der Waals surface area contributed by atoms with Crippen LogP contribution in [0.2, 0.25) is 0 Å². The minimum atomic E-state index is -0.515. The smallest absolute Gasteiger partial charge is 0.295 e. The van der Waals surface area contributed by atoms with Crippen LogP contribution < -0.4 is 0 Å². The molecule has 2 heterocycles. The standard InChI is InChI=1S/C18H15N5O3/c24-18(21-8-7-13-3-1-2-4-15(13)10-21)14-5-6-16(17(9-14)23(25)26)22-12-19-11-20-22/h1-6,9,11-12H,7-8,10H2. The average Bonchev–Trinajstić information content (AvgIpc) is 3.21. The zero-order valence-corrected chi connectivity index (χ0v) is 13.8. The van der Waals surface area contributed by atoms with E-state index in [0.29, 0.717) is 18.7 Å². The monoisotopic (exact) mass is 349 g/mol. The molecule has 0 aliphatic carbocycles. The Morgan fingerprint density at radius 3 is 2.69 bits per heavy atom. The van der Waals surface area contributed by atoms with Crippen LogP contribution in [0.5, 0.6) is 0 Å². The third-order valence-electron chi connectivity index (χ3n) is 4.50. The van der Waals surface area contributed by atoms with Crippen LogP contribution in [0.1, 0.15) is 21.5 Å². The van der Waals surface area contributed by atoms with E-state index >= 15 is 0 Å². The zero-order valence-electron chi connectivity index (χ0n) is 13.8. The molecule has 130 valence electrons. The summed E-state index contributed by atoms with van der Waals surface area (Å²) in [5.74, 6) is -0.215. The number of aromatic nitrogens is 3. The van der Waals surface area contributed by atoms with Gasteiger partial charge in [-0.2, -0.15) is 5.10 Å². The highest BCUT2D eigenvalue weighted by Crippen LogP contribution is 2.26. The number of fused-ring (bicyclic) bond motifs is 1. The Kier molecular flexibility index (Phi) is 3.92. The quantitative estimate of drug-likeness (QED) is 0.534. The van der Waals surface area contributed by atoms with Crippen molar-refractivity contribution in [3.63, 3.8) is 0 Å². The molecule has 4 rings (SSSR count). The van der Waals surface area contributed by atoms with E-state index in [-0.39, 0.29) is 17.3 Å². The summed E-state index contributed by atoms with van der Waals surface area (Å²) in [6.45, 7) is 1.10. The number of hydrogen-bond acceptors (Lipinski definition) is 5. The highest BCUT2D eigenvalue weighted by Gasteiger charge is 2.25. The van der Waals surface area contributed by atoms with Crippen LogP contribution in [0, 0.1) is 10.1 Å². The average molecular weight is 349 g/mol. The Morgan fingerprint density at radius 2 is 1.96 bits per heavy atom. The molecule has 1 aliphatic heterocycles. The number of rotatable bonds is 3. The number of nitro groups is 1. The van der Waals surface area contributed by atoms with Gasteiger partial charge in [-0.1, -0.05) is 24.3 Å². The molecule has 0 saturated carbocycles. The molecule has 0 N–H and O–H groups in total. The van der Waals surface area contributed by atoms with Crippen LogP contribution in [0.4, 0.5) is 5.69 Å². The van der Waals surface area contributed by atoms with Gasteiger partial charge in [0, 0.05) is 24.7 Å². The van der Waals surface area contributed by atoms with Gasteiger partial charge in [0.15, 0.2) is 0 Å². The predicted octanol–water partition coefficient (Wildman–Crippen LogP) is 2.37. The van der Waals surface area contributed by atoms with E-state index < -0.39 is 4.92 Å². The summed E-state index contributed by atoms with van der Waals surface area (Å²) in [7, 11) is 0. The molecule has 1 aromatic heterocycles. The van der Waals surface area contributed by atoms with Crippen molar-refractivity contribution >= 4 is 11.6 Å². The van der Waals surface area contributed by atoms with Crippen molar-refractivity contribution in [3.8, 4) is 5.69 Å². The fraction of sp³-hybridized carbons (Fsp3) is 0.167. The van der Waals surface area contributed by atoms with Gasteiger partial charge < -0.3 is 4.90 Å². The summed E-state index contributed by atoms with van der Waals surface area (Å²) in [5.41, 5.74) is 2.73. The number of nitrogens with zero attached hydrogens (tertiary/aromatic N) is 5. The summed E-state index contributed by atoms with van der Waals surface area (Å²) in [6.07, 6.45) is 3.46. The largest absolute Gasteiger partial charge is 0.334 e. The van der Waals surface area contributed by atoms with Crippen molar-refractivity contribution in [2.75, 3.05) is 6.54 Å². The Balaban J connectivity index is 1.65. The predicted molar refractivity (Wildman–Crippen MR) is 92.9 cm³/mol. The highest BCUT2D eigenvalue weighted by atomic mass is 16.6. The van der Waals surface area contributed by atoms with E-state index in [1.54, 1.807) is 11.0 Å². The first-order valence-electron chi connectivity index (χ1n) is 8.13. The molecule has 0 bridgehead atoms. The van der Waals surface area contributed by atoms with Gasteiger partial charge in [0.05, 0.1) is 4.92 Å². The third-order valence-corrected chi connectivity index (χ3v) is 4.50. The molecule has 0 spiro atoms. The van der Waals surface area contributed by atoms with E-state index in [1.807, 2.05) is 18.2 Å². The lowest BCUT2D eigenvalue weighted by molar-refractivity contribution is -0.384. The Bertz CT molecular complexity index is 984. The maximum Gasteiger partial charge on any atom is 0.295 e. The van der Waals surface area contributed by atoms with Gasteiger partial charge in [-0.15, -0.1) is 0 Å². The van der Waals surface area contributed by atoms with Crippen LogP contribution in [0.15, 0.2) is 55.1 Å². The van der Waals surface area contributed by atoms with Crippen molar-refractivity contribution < 1.29 is 9.72 Å². The fourth-order valence-electron chi connectivity index (χ4n) is 3.18. The van der Waals surface area contributed by atoms with E-state index in [0.717, 1.165) is 12.0 Å². The second kappa shape index (κ2) is 6.40. The van der Waals surface area contributed by atoms with Crippen molar-refractivity contribution in [1.82, 2.24) is 19.7 Å². The zero-order chi connectivity index (χ0) is 18.1. The molecule has 1 aliphatic rings. The summed E-state index contributed by atoms with van der Waals surface area (Å²) in [6, 6.07) is 12.4. The first-order valence-corrected chi connectivity index (χ1v) is 8.13. The molecule has 0 fully saturated rings. The molecule has 0 atom stereocenters. The summed E-state index contributed by atoms with van der Waals surface area (Å²) in [5, 5.41) is 15.4. The number of benzene rings is 2. The van der Waals surface area contributed by atoms with Gasteiger partial charge in [0.2, 0.25) is 0 Å². The van der Waals surface area contributed by atoms with Crippen molar-refractivity contribution in [3.05, 3.63) is 81.9 Å². The Labute approximate surface area is 148 Å². The number of hydrogen-bond donors (Lipinski definition) is 0. The van der Waals surface area contributed by atoms with Crippen LogP contribution in [0.3, 0.4) is 0 Å². The first-order chi connectivity index (χ1) is 12.6. The van der Waals surface area contributed by atoms with E-state index in [2.05, 4.69) is 16.1 Å². The molecule has 3 aromatic rings. The molecule has 0 unspecified atom stereocenters. The number of carbonyl (C=O) groups excluding carboxylic acids is 1. The molecule has 8 heteroatoms. The van der Waals surface area contributed by atoms with E-state index in [4.69, 9.17) is 0 Å². The van der Waals surface area contributed by atoms with Crippen molar-refractivity contribution in [1.29, 1.82) is 0 Å². The minimum absolute atomic E-state index is 0.182. The van der Waals surface area contributed by atoms with Crippen molar-refractivity contribution in [2.24, 2.45) is 0 Å². The summed E-state index contributed by atoms with van der Waals surface area (Å²) < 4.78 is 1.31. The van der Waals surface area contributed by atoms with Crippen LogP contribution in [-0.4, -0.2) is 37.0 Å². The summed E-state index contributed by atoms with van der Waals surface area (Å²) >= 11 is 0. The van der Waals surface area contributed by atoms with Gasteiger partial charge in [-0.25, -0.2) is 9.67 Å². The fourth-order valence-corrected chi connectivity index (χ4v) is 3.18. The van der Waals surface area contributed by atoms with Crippen LogP contribution in [-0.2, 0) is 13.0 Å². The van der Waals surface area contributed by atoms with Crippen LogP contribution in [0.25, 0.3) is 5.69 Å². The van der Waals surface area contributed by atoms with Gasteiger partial charge in [-0.05, 0) is 29.7 Å². The SMILES string of the molecule is O=C(c1ccc(-n2cncn2)c([N+](=O)[O-])c1)N1CCc2ccccc2C1. The van der Waals surface area contributed by atoms with Crippen molar-refractivity contribution in [2.45, 2.75) is 13.0 Å². The third kappa shape index (κ3) is 2.81. The molecular formula is C18H15N5O3. The van der Waals surface area contributed by atoms with Gasteiger partial charge in [0.1, 0.15) is 18.3 Å². The van der Waals surface area contributed by atoms with Gasteiger partial charge in [-0.3, -0.25) is 14.9 Å². The maximum atomic E-state index is 12.9. The molecule has 0 saturated heterocycles. The molecule has 2 aromatic carbocycles.